The van der Waals surface area contributed by atoms with Gasteiger partial charge in [-0.2, -0.15) is 0 Å². The van der Waals surface area contributed by atoms with Crippen molar-refractivity contribution >= 4 is 5.97 Å². The smallest absolute Gasteiger partial charge is 0.303 e. The van der Waals surface area contributed by atoms with Crippen LogP contribution in [0.25, 0.3) is 0 Å². The van der Waals surface area contributed by atoms with Gasteiger partial charge in [0.15, 0.2) is 0 Å². The highest BCUT2D eigenvalue weighted by Crippen LogP contribution is 2.28. The molecule has 1 aliphatic rings. The van der Waals surface area contributed by atoms with Crippen molar-refractivity contribution in [1.82, 2.24) is 0 Å². The number of hydrogen-bond donors (Lipinski definition) is 0. The normalized spacial score (nSPS) is 19.6. The molecular formula is C10H16O2. The minimum atomic E-state index is -0.185. The summed E-state index contributed by atoms with van der Waals surface area (Å²) in [6.45, 7) is 5.54. The lowest BCUT2D eigenvalue weighted by molar-refractivity contribution is -0.143. The van der Waals surface area contributed by atoms with Gasteiger partial charge in [-0.1, -0.05) is 5.57 Å². The quantitative estimate of drug-likeness (QED) is 0.467. The lowest BCUT2D eigenvalue weighted by Crippen LogP contribution is -2.14. The minimum Gasteiger partial charge on any atom is -0.458 e. The molecule has 1 aliphatic carbocycles. The number of hydrogen-bond acceptors (Lipinski definition) is 2. The molecule has 0 aromatic carbocycles. The van der Waals surface area contributed by atoms with Crippen molar-refractivity contribution in [3.05, 3.63) is 11.1 Å². The van der Waals surface area contributed by atoms with E-state index in [-0.39, 0.29) is 12.1 Å². The molecule has 0 heterocycles. The SMILES string of the molecule is CC(=O)OC(C)C1=C(C)CCC1. The number of rotatable bonds is 2. The Balaban J connectivity index is 2.57. The standard InChI is InChI=1S/C10H16O2/c1-7-5-4-6-10(7)8(2)12-9(3)11/h8H,4-6H2,1-3H3. The molecule has 1 rings (SSSR count). The molecule has 0 bridgehead atoms. The van der Waals surface area contributed by atoms with Gasteiger partial charge in [-0.25, -0.2) is 0 Å². The molecule has 0 aromatic rings. The number of ether oxygens (including phenoxy) is 1. The third-order valence-corrected chi connectivity index (χ3v) is 2.38. The van der Waals surface area contributed by atoms with Crippen LogP contribution in [0.5, 0.6) is 0 Å². The van der Waals surface area contributed by atoms with Gasteiger partial charge in [0.1, 0.15) is 6.10 Å². The van der Waals surface area contributed by atoms with Crippen LogP contribution in [0.3, 0.4) is 0 Å². The summed E-state index contributed by atoms with van der Waals surface area (Å²) in [5, 5.41) is 0. The summed E-state index contributed by atoms with van der Waals surface area (Å²) in [7, 11) is 0. The minimum absolute atomic E-state index is 0.00926. The van der Waals surface area contributed by atoms with E-state index < -0.39 is 0 Å². The van der Waals surface area contributed by atoms with Crippen LogP contribution in [0.4, 0.5) is 0 Å². The van der Waals surface area contributed by atoms with E-state index in [1.165, 1.54) is 30.9 Å². The fourth-order valence-corrected chi connectivity index (χ4v) is 1.79. The second-order valence-electron chi connectivity index (χ2n) is 3.41. The molecule has 1 atom stereocenters. The summed E-state index contributed by atoms with van der Waals surface area (Å²) < 4.78 is 5.11. The van der Waals surface area contributed by atoms with Crippen molar-refractivity contribution < 1.29 is 9.53 Å². The first-order valence-corrected chi connectivity index (χ1v) is 4.47. The summed E-state index contributed by atoms with van der Waals surface area (Å²) in [6.07, 6.45) is 3.47. The van der Waals surface area contributed by atoms with Gasteiger partial charge < -0.3 is 4.74 Å². The van der Waals surface area contributed by atoms with Gasteiger partial charge in [-0.3, -0.25) is 4.79 Å². The van der Waals surface area contributed by atoms with Crippen LogP contribution < -0.4 is 0 Å². The summed E-state index contributed by atoms with van der Waals surface area (Å²) in [4.78, 5) is 10.7. The highest BCUT2D eigenvalue weighted by atomic mass is 16.5. The molecule has 0 aromatic heterocycles. The fourth-order valence-electron chi connectivity index (χ4n) is 1.79. The molecule has 12 heavy (non-hydrogen) atoms. The van der Waals surface area contributed by atoms with Gasteiger partial charge in [0.2, 0.25) is 0 Å². The Kier molecular flexibility index (Phi) is 2.90. The van der Waals surface area contributed by atoms with Crippen molar-refractivity contribution in [1.29, 1.82) is 0 Å². The predicted molar refractivity (Wildman–Crippen MR) is 47.8 cm³/mol. The maximum atomic E-state index is 10.7. The third-order valence-electron chi connectivity index (χ3n) is 2.38. The Labute approximate surface area is 73.6 Å². The van der Waals surface area contributed by atoms with E-state index in [0.717, 1.165) is 6.42 Å². The molecule has 0 spiro atoms. The molecule has 0 radical (unpaired) electrons. The average molecular weight is 168 g/mol. The van der Waals surface area contributed by atoms with Gasteiger partial charge >= 0.3 is 5.97 Å². The van der Waals surface area contributed by atoms with Gasteiger partial charge in [0.25, 0.3) is 0 Å². The van der Waals surface area contributed by atoms with Crippen LogP contribution in [-0.2, 0) is 9.53 Å². The average Bonchev–Trinajstić information content (AvgIpc) is 2.33. The lowest BCUT2D eigenvalue weighted by Gasteiger charge is -2.14. The Morgan fingerprint density at radius 3 is 2.58 bits per heavy atom. The number of allylic oxidation sites excluding steroid dienone is 1. The molecule has 0 aliphatic heterocycles. The second kappa shape index (κ2) is 3.74. The van der Waals surface area contributed by atoms with Gasteiger partial charge in [0.05, 0.1) is 0 Å². The molecule has 0 saturated heterocycles. The van der Waals surface area contributed by atoms with Crippen LogP contribution in [0.1, 0.15) is 40.0 Å². The van der Waals surface area contributed by atoms with E-state index >= 15 is 0 Å². The molecule has 0 saturated carbocycles. The van der Waals surface area contributed by atoms with E-state index in [0.29, 0.717) is 0 Å². The van der Waals surface area contributed by atoms with Crippen LogP contribution >= 0.6 is 0 Å². The number of carbonyl (C=O) groups excluding carboxylic acids is 1. The molecule has 2 nitrogen and oxygen atoms in total. The third kappa shape index (κ3) is 2.10. The van der Waals surface area contributed by atoms with E-state index in [9.17, 15) is 4.79 Å². The van der Waals surface area contributed by atoms with E-state index in [2.05, 4.69) is 6.92 Å². The molecule has 2 heteroatoms. The zero-order valence-corrected chi connectivity index (χ0v) is 8.02. The lowest BCUT2D eigenvalue weighted by atomic mass is 10.1. The zero-order valence-electron chi connectivity index (χ0n) is 8.02. The van der Waals surface area contributed by atoms with Crippen molar-refractivity contribution in [2.24, 2.45) is 0 Å². The second-order valence-corrected chi connectivity index (χ2v) is 3.41. The van der Waals surface area contributed by atoms with E-state index in [1.807, 2.05) is 6.92 Å². The molecular weight excluding hydrogens is 152 g/mol. The van der Waals surface area contributed by atoms with Crippen LogP contribution in [0.15, 0.2) is 11.1 Å². The molecule has 0 amide bonds. The summed E-state index contributed by atoms with van der Waals surface area (Å²) in [5.74, 6) is -0.185. The molecule has 1 unspecified atom stereocenters. The van der Waals surface area contributed by atoms with Crippen molar-refractivity contribution in [3.8, 4) is 0 Å². The Morgan fingerprint density at radius 2 is 2.17 bits per heavy atom. The summed E-state index contributed by atoms with van der Waals surface area (Å²) in [6, 6.07) is 0. The maximum absolute atomic E-state index is 10.7. The van der Waals surface area contributed by atoms with Crippen LogP contribution in [-0.4, -0.2) is 12.1 Å². The Morgan fingerprint density at radius 1 is 1.50 bits per heavy atom. The highest BCUT2D eigenvalue weighted by Gasteiger charge is 2.18. The first-order valence-electron chi connectivity index (χ1n) is 4.47. The van der Waals surface area contributed by atoms with Gasteiger partial charge in [-0.15, -0.1) is 0 Å². The van der Waals surface area contributed by atoms with E-state index in [4.69, 9.17) is 4.74 Å². The van der Waals surface area contributed by atoms with Crippen LogP contribution in [0, 0.1) is 0 Å². The topological polar surface area (TPSA) is 26.3 Å². The molecule has 0 fully saturated rings. The van der Waals surface area contributed by atoms with Crippen LogP contribution in [0.2, 0.25) is 0 Å². The highest BCUT2D eigenvalue weighted by molar-refractivity contribution is 5.66. The fraction of sp³-hybridized carbons (Fsp3) is 0.700. The van der Waals surface area contributed by atoms with Crippen molar-refractivity contribution in [2.75, 3.05) is 0 Å². The van der Waals surface area contributed by atoms with Crippen molar-refractivity contribution in [3.63, 3.8) is 0 Å². The Bertz CT molecular complexity index is 216. The molecule has 0 N–H and O–H groups in total. The molecule has 68 valence electrons. The van der Waals surface area contributed by atoms with Gasteiger partial charge in [0, 0.05) is 6.92 Å². The van der Waals surface area contributed by atoms with E-state index in [1.54, 1.807) is 0 Å². The number of carbonyl (C=O) groups is 1. The largest absolute Gasteiger partial charge is 0.458 e. The summed E-state index contributed by atoms with van der Waals surface area (Å²) >= 11 is 0. The monoisotopic (exact) mass is 168 g/mol. The van der Waals surface area contributed by atoms with Crippen molar-refractivity contribution in [2.45, 2.75) is 46.1 Å². The predicted octanol–water partition coefficient (Wildman–Crippen LogP) is 2.44. The maximum Gasteiger partial charge on any atom is 0.303 e. The summed E-state index contributed by atoms with van der Waals surface area (Å²) in [5.41, 5.74) is 2.73. The first kappa shape index (κ1) is 9.30. The Hall–Kier alpha value is -0.790. The zero-order chi connectivity index (χ0) is 9.14. The number of esters is 1. The first-order chi connectivity index (χ1) is 5.61. The van der Waals surface area contributed by atoms with Gasteiger partial charge in [-0.05, 0) is 38.7 Å².